The average Bonchev–Trinajstić information content (AvgIpc) is 2.15. The highest BCUT2D eigenvalue weighted by molar-refractivity contribution is 6.84. The van der Waals surface area contributed by atoms with Crippen LogP contribution in [-0.2, 0) is 0 Å². The second-order valence-electron chi connectivity index (χ2n) is 4.40. The lowest BCUT2D eigenvalue weighted by molar-refractivity contribution is 1.66. The summed E-state index contributed by atoms with van der Waals surface area (Å²) in [7, 11) is -1.32. The summed E-state index contributed by atoms with van der Waals surface area (Å²) in [6.07, 6.45) is 1.90. The first-order valence-electron chi connectivity index (χ1n) is 4.93. The number of halogens is 1. The third kappa shape index (κ3) is 5.46. The Morgan fingerprint density at radius 2 is 1.80 bits per heavy atom. The molecular weight excluding hydrogens is 220 g/mol. The van der Waals surface area contributed by atoms with Crippen LogP contribution in [0.1, 0.15) is 5.56 Å². The summed E-state index contributed by atoms with van der Waals surface area (Å²) in [5.41, 5.74) is 4.32. The van der Waals surface area contributed by atoms with Crippen molar-refractivity contribution in [3.05, 3.63) is 40.9 Å². The zero-order valence-corrected chi connectivity index (χ0v) is 11.1. The molecule has 0 aliphatic rings. The maximum absolute atomic E-state index is 6.03. The smallest absolute Gasteiger partial charge is 0.126 e. The first-order chi connectivity index (χ1) is 6.97. The summed E-state index contributed by atoms with van der Waals surface area (Å²) in [5.74, 6) is 3.01. The number of hydrogen-bond donors (Lipinski definition) is 0. The highest BCUT2D eigenvalue weighted by Crippen LogP contribution is 2.09. The van der Waals surface area contributed by atoms with E-state index in [2.05, 4.69) is 31.1 Å². The molecule has 1 aromatic rings. The molecule has 0 nitrogen and oxygen atoms in total. The topological polar surface area (TPSA) is 0 Å². The summed E-state index contributed by atoms with van der Waals surface area (Å²) < 4.78 is 0. The van der Waals surface area contributed by atoms with Crippen molar-refractivity contribution in [3.63, 3.8) is 0 Å². The Labute approximate surface area is 98.0 Å². The van der Waals surface area contributed by atoms with Crippen molar-refractivity contribution in [2.45, 2.75) is 19.6 Å². The van der Waals surface area contributed by atoms with E-state index in [4.69, 9.17) is 11.6 Å². The molecule has 0 amide bonds. The van der Waals surface area contributed by atoms with Gasteiger partial charge in [-0.3, -0.25) is 0 Å². The quantitative estimate of drug-likeness (QED) is 0.506. The molecule has 0 bridgehead atoms. The third-order valence-electron chi connectivity index (χ3n) is 1.65. The molecule has 0 spiro atoms. The van der Waals surface area contributed by atoms with Gasteiger partial charge in [0.05, 0.1) is 5.03 Å². The van der Waals surface area contributed by atoms with E-state index in [1.165, 1.54) is 0 Å². The van der Waals surface area contributed by atoms with Crippen LogP contribution in [0.15, 0.2) is 35.4 Å². The molecule has 0 aliphatic carbocycles. The van der Waals surface area contributed by atoms with Crippen LogP contribution in [0.3, 0.4) is 0 Å². The molecule has 0 atom stereocenters. The van der Waals surface area contributed by atoms with Gasteiger partial charge in [-0.05, 0) is 11.6 Å². The molecule has 0 unspecified atom stereocenters. The minimum Gasteiger partial charge on any atom is -0.126 e. The van der Waals surface area contributed by atoms with Crippen LogP contribution in [0, 0.1) is 11.5 Å². The molecule has 1 aromatic carbocycles. The molecule has 0 fully saturated rings. The van der Waals surface area contributed by atoms with Crippen molar-refractivity contribution >= 4 is 25.8 Å². The lowest BCUT2D eigenvalue weighted by atomic mass is 10.2. The average molecular weight is 235 g/mol. The first-order valence-corrected chi connectivity index (χ1v) is 8.80. The number of allylic oxidation sites excluding steroid dienone is 1. The molecule has 0 saturated carbocycles. The van der Waals surface area contributed by atoms with Crippen molar-refractivity contribution < 1.29 is 0 Å². The van der Waals surface area contributed by atoms with Crippen molar-refractivity contribution in [2.75, 3.05) is 0 Å². The molecule has 15 heavy (non-hydrogen) atoms. The van der Waals surface area contributed by atoms with Gasteiger partial charge in [0.25, 0.3) is 0 Å². The fourth-order valence-corrected chi connectivity index (χ4v) is 1.74. The van der Waals surface area contributed by atoms with E-state index >= 15 is 0 Å². The van der Waals surface area contributed by atoms with Crippen LogP contribution in [0.4, 0.5) is 0 Å². The maximum atomic E-state index is 6.03. The second-order valence-corrected chi connectivity index (χ2v) is 9.56. The van der Waals surface area contributed by atoms with Gasteiger partial charge in [-0.15, -0.1) is 5.54 Å². The normalized spacial score (nSPS) is 11.9. The SMILES string of the molecule is C[Si](C)(C)C#C/C(Cl)=C/c1ccccc1. The van der Waals surface area contributed by atoms with Gasteiger partial charge in [-0.25, -0.2) is 0 Å². The van der Waals surface area contributed by atoms with E-state index < -0.39 is 8.07 Å². The van der Waals surface area contributed by atoms with Crippen molar-refractivity contribution in [3.8, 4) is 11.5 Å². The summed E-state index contributed by atoms with van der Waals surface area (Å²) in [5, 5.41) is 0.614. The Kier molecular flexibility index (Phi) is 4.20. The molecule has 0 saturated heterocycles. The van der Waals surface area contributed by atoms with E-state index in [1.807, 2.05) is 36.4 Å². The first kappa shape index (κ1) is 12.1. The summed E-state index contributed by atoms with van der Waals surface area (Å²) in [6.45, 7) is 6.60. The van der Waals surface area contributed by atoms with Gasteiger partial charge >= 0.3 is 0 Å². The monoisotopic (exact) mass is 234 g/mol. The third-order valence-corrected chi connectivity index (χ3v) is 2.73. The zero-order valence-electron chi connectivity index (χ0n) is 9.34. The fourth-order valence-electron chi connectivity index (χ4n) is 0.979. The standard InChI is InChI=1S/C13H15ClSi/c1-15(2,3)10-9-13(14)11-12-7-5-4-6-8-12/h4-8,11H,1-3H3/b13-11-. The Morgan fingerprint density at radius 3 is 2.33 bits per heavy atom. The molecule has 0 heterocycles. The van der Waals surface area contributed by atoms with Crippen LogP contribution in [0.25, 0.3) is 6.08 Å². The minimum absolute atomic E-state index is 0.614. The van der Waals surface area contributed by atoms with E-state index in [0.717, 1.165) is 5.56 Å². The van der Waals surface area contributed by atoms with E-state index in [-0.39, 0.29) is 0 Å². The van der Waals surface area contributed by atoms with Gasteiger partial charge in [0.15, 0.2) is 0 Å². The van der Waals surface area contributed by atoms with Gasteiger partial charge in [-0.2, -0.15) is 0 Å². The second kappa shape index (κ2) is 5.20. The number of rotatable bonds is 1. The van der Waals surface area contributed by atoms with Crippen LogP contribution in [0.5, 0.6) is 0 Å². The molecule has 78 valence electrons. The highest BCUT2D eigenvalue weighted by Gasteiger charge is 2.07. The van der Waals surface area contributed by atoms with Gasteiger partial charge in [0.1, 0.15) is 8.07 Å². The molecule has 0 aromatic heterocycles. The van der Waals surface area contributed by atoms with Crippen molar-refractivity contribution in [2.24, 2.45) is 0 Å². The van der Waals surface area contributed by atoms with Crippen molar-refractivity contribution in [1.82, 2.24) is 0 Å². The van der Waals surface area contributed by atoms with Crippen molar-refractivity contribution in [1.29, 1.82) is 0 Å². The van der Waals surface area contributed by atoms with E-state index in [0.29, 0.717) is 5.03 Å². The van der Waals surface area contributed by atoms with Crippen LogP contribution in [0.2, 0.25) is 19.6 Å². The molecule has 2 heteroatoms. The Hall–Kier alpha value is -0.973. The largest absolute Gasteiger partial charge is 0.129 e. The van der Waals surface area contributed by atoms with Gasteiger partial charge in [0.2, 0.25) is 0 Å². The lowest BCUT2D eigenvalue weighted by Crippen LogP contribution is -2.16. The Morgan fingerprint density at radius 1 is 1.20 bits per heavy atom. The highest BCUT2D eigenvalue weighted by atomic mass is 35.5. The van der Waals surface area contributed by atoms with Crippen LogP contribution >= 0.6 is 11.6 Å². The van der Waals surface area contributed by atoms with E-state index in [9.17, 15) is 0 Å². The van der Waals surface area contributed by atoms with E-state index in [1.54, 1.807) is 0 Å². The predicted octanol–water partition coefficient (Wildman–Crippen LogP) is 4.15. The van der Waals surface area contributed by atoms with Gasteiger partial charge in [0, 0.05) is 0 Å². The minimum atomic E-state index is -1.32. The van der Waals surface area contributed by atoms with Gasteiger partial charge in [-0.1, -0.05) is 67.5 Å². The lowest BCUT2D eigenvalue weighted by Gasteiger charge is -2.02. The summed E-state index contributed by atoms with van der Waals surface area (Å²) >= 11 is 6.03. The zero-order chi connectivity index (χ0) is 11.3. The summed E-state index contributed by atoms with van der Waals surface area (Å²) in [6, 6.07) is 9.99. The van der Waals surface area contributed by atoms with Gasteiger partial charge < -0.3 is 0 Å². The molecule has 1 rings (SSSR count). The molecule has 0 radical (unpaired) electrons. The number of benzene rings is 1. The molecule has 0 aliphatic heterocycles. The summed E-state index contributed by atoms with van der Waals surface area (Å²) in [4.78, 5) is 0. The molecular formula is C13H15ClSi. The molecule has 0 N–H and O–H groups in total. The fraction of sp³-hybridized carbons (Fsp3) is 0.231. The maximum Gasteiger partial charge on any atom is 0.129 e. The Bertz CT molecular complexity index is 402. The number of hydrogen-bond acceptors (Lipinski definition) is 0. The predicted molar refractivity (Wildman–Crippen MR) is 71.4 cm³/mol. The van der Waals surface area contributed by atoms with Crippen LogP contribution < -0.4 is 0 Å². The Balaban J connectivity index is 2.81. The van der Waals surface area contributed by atoms with Crippen LogP contribution in [-0.4, -0.2) is 8.07 Å².